The fraction of sp³-hybridized carbons (Fsp3) is 0.800. The first-order chi connectivity index (χ1) is 7.06. The summed E-state index contributed by atoms with van der Waals surface area (Å²) in [6.45, 7) is 4.06. The van der Waals surface area contributed by atoms with Gasteiger partial charge in [-0.25, -0.2) is 0 Å². The third-order valence-electron chi connectivity index (χ3n) is 1.54. The molecule has 0 aromatic heterocycles. The van der Waals surface area contributed by atoms with Crippen molar-refractivity contribution in [3.8, 4) is 0 Å². The fourth-order valence-electron chi connectivity index (χ4n) is 0.890. The normalized spacial score (nSPS) is 11.9. The molecule has 15 heavy (non-hydrogen) atoms. The maximum Gasteiger partial charge on any atom is 0.305 e. The van der Waals surface area contributed by atoms with Crippen LogP contribution in [0.15, 0.2) is 0 Å². The van der Waals surface area contributed by atoms with Gasteiger partial charge in [-0.3, -0.25) is 9.59 Å². The van der Waals surface area contributed by atoms with Gasteiger partial charge in [-0.05, 0) is 20.3 Å². The second kappa shape index (κ2) is 8.53. The van der Waals surface area contributed by atoms with Crippen LogP contribution in [0.3, 0.4) is 0 Å². The van der Waals surface area contributed by atoms with Crippen LogP contribution in [0, 0.1) is 0 Å². The predicted molar refractivity (Wildman–Crippen MR) is 56.8 cm³/mol. The van der Waals surface area contributed by atoms with Crippen molar-refractivity contribution in [3.63, 3.8) is 0 Å². The highest BCUT2D eigenvalue weighted by Crippen LogP contribution is 2.01. The molecule has 0 fully saturated rings. The molecule has 0 aromatic rings. The Balaban J connectivity index is 3.42. The van der Waals surface area contributed by atoms with Gasteiger partial charge in [0.1, 0.15) is 6.61 Å². The van der Waals surface area contributed by atoms with Crippen LogP contribution < -0.4 is 0 Å². The highest BCUT2D eigenvalue weighted by atomic mass is 35.5. The third-order valence-corrected chi connectivity index (χ3v) is 1.67. The van der Waals surface area contributed by atoms with Gasteiger partial charge in [0.2, 0.25) is 0 Å². The van der Waals surface area contributed by atoms with Gasteiger partial charge in [-0.1, -0.05) is 0 Å². The quantitative estimate of drug-likeness (QED) is 0.500. The van der Waals surface area contributed by atoms with E-state index in [-0.39, 0.29) is 36.8 Å². The molecule has 5 heteroatoms. The molecule has 0 heterocycles. The monoisotopic (exact) mass is 236 g/mol. The standard InChI is InChI=1S/C10H17ClO4/c1-3-14-9(12)5-4-6-10(13)15-7-8(2)11/h8H,3-7H2,1-2H3. The summed E-state index contributed by atoms with van der Waals surface area (Å²) in [4.78, 5) is 21.9. The van der Waals surface area contributed by atoms with Crippen LogP contribution in [0.4, 0.5) is 0 Å². The van der Waals surface area contributed by atoms with Crippen molar-refractivity contribution in [2.45, 2.75) is 38.5 Å². The number of esters is 2. The Morgan fingerprint density at radius 2 is 1.73 bits per heavy atom. The van der Waals surface area contributed by atoms with E-state index in [0.717, 1.165) is 0 Å². The minimum absolute atomic E-state index is 0.181. The maximum absolute atomic E-state index is 11.1. The van der Waals surface area contributed by atoms with Crippen LogP contribution in [0.2, 0.25) is 0 Å². The van der Waals surface area contributed by atoms with E-state index >= 15 is 0 Å². The molecule has 0 aromatic carbocycles. The van der Waals surface area contributed by atoms with Crippen LogP contribution in [-0.2, 0) is 19.1 Å². The van der Waals surface area contributed by atoms with Crippen molar-refractivity contribution in [2.75, 3.05) is 13.2 Å². The molecule has 4 nitrogen and oxygen atoms in total. The summed E-state index contributed by atoms with van der Waals surface area (Å²) in [5.41, 5.74) is 0. The zero-order valence-corrected chi connectivity index (χ0v) is 9.88. The molecule has 1 atom stereocenters. The van der Waals surface area contributed by atoms with E-state index < -0.39 is 0 Å². The van der Waals surface area contributed by atoms with E-state index in [4.69, 9.17) is 21.1 Å². The molecular weight excluding hydrogens is 220 g/mol. The lowest BCUT2D eigenvalue weighted by molar-refractivity contribution is -0.145. The SMILES string of the molecule is CCOC(=O)CCCC(=O)OCC(C)Cl. The van der Waals surface area contributed by atoms with E-state index in [0.29, 0.717) is 13.0 Å². The summed E-state index contributed by atoms with van der Waals surface area (Å²) in [5, 5.41) is -0.181. The van der Waals surface area contributed by atoms with Gasteiger partial charge in [0.15, 0.2) is 0 Å². The Labute approximate surface area is 94.9 Å². The first-order valence-corrected chi connectivity index (χ1v) is 5.45. The summed E-state index contributed by atoms with van der Waals surface area (Å²) in [5.74, 6) is -0.609. The molecule has 0 N–H and O–H groups in total. The number of rotatable bonds is 7. The lowest BCUT2D eigenvalue weighted by atomic mass is 10.2. The Morgan fingerprint density at radius 1 is 1.20 bits per heavy atom. The molecule has 0 aliphatic heterocycles. The molecule has 0 aliphatic carbocycles. The molecule has 0 saturated carbocycles. The van der Waals surface area contributed by atoms with E-state index in [1.165, 1.54) is 0 Å². The molecule has 0 saturated heterocycles. The van der Waals surface area contributed by atoms with Gasteiger partial charge in [0, 0.05) is 12.8 Å². The number of carbonyl (C=O) groups is 2. The first kappa shape index (κ1) is 14.2. The van der Waals surface area contributed by atoms with Gasteiger partial charge < -0.3 is 9.47 Å². The Hall–Kier alpha value is -0.770. The van der Waals surface area contributed by atoms with Crippen LogP contribution in [0.1, 0.15) is 33.1 Å². The Kier molecular flexibility index (Phi) is 8.09. The van der Waals surface area contributed by atoms with Gasteiger partial charge >= 0.3 is 11.9 Å². The molecule has 0 amide bonds. The molecule has 0 rings (SSSR count). The molecule has 1 unspecified atom stereocenters. The van der Waals surface area contributed by atoms with E-state index in [1.54, 1.807) is 13.8 Å². The maximum atomic E-state index is 11.1. The van der Waals surface area contributed by atoms with E-state index in [9.17, 15) is 9.59 Å². The van der Waals surface area contributed by atoms with Gasteiger partial charge in [0.05, 0.1) is 12.0 Å². The summed E-state index contributed by atoms with van der Waals surface area (Å²) >= 11 is 5.60. The predicted octanol–water partition coefficient (Wildman–Crippen LogP) is 1.89. The highest BCUT2D eigenvalue weighted by Gasteiger charge is 2.07. The van der Waals surface area contributed by atoms with Crippen LogP contribution >= 0.6 is 11.6 Å². The lowest BCUT2D eigenvalue weighted by Gasteiger charge is -2.05. The van der Waals surface area contributed by atoms with Gasteiger partial charge in [-0.15, -0.1) is 11.6 Å². The molecule has 0 radical (unpaired) electrons. The molecule has 0 bridgehead atoms. The molecule has 0 spiro atoms. The van der Waals surface area contributed by atoms with Gasteiger partial charge in [0.25, 0.3) is 0 Å². The number of alkyl halides is 1. The average molecular weight is 237 g/mol. The van der Waals surface area contributed by atoms with E-state index in [1.807, 2.05) is 0 Å². The van der Waals surface area contributed by atoms with Crippen LogP contribution in [-0.4, -0.2) is 30.5 Å². The summed E-state index contributed by atoms with van der Waals surface area (Å²) in [6, 6.07) is 0. The minimum atomic E-state index is -0.327. The van der Waals surface area contributed by atoms with Crippen molar-refractivity contribution in [1.29, 1.82) is 0 Å². The molecular formula is C10H17ClO4. The number of ether oxygens (including phenoxy) is 2. The first-order valence-electron chi connectivity index (χ1n) is 5.01. The third kappa shape index (κ3) is 9.53. The topological polar surface area (TPSA) is 52.6 Å². The van der Waals surface area contributed by atoms with E-state index in [2.05, 4.69) is 0 Å². The number of hydrogen-bond donors (Lipinski definition) is 0. The van der Waals surface area contributed by atoms with Crippen molar-refractivity contribution < 1.29 is 19.1 Å². The summed E-state index contributed by atoms with van der Waals surface area (Å²) in [7, 11) is 0. The highest BCUT2D eigenvalue weighted by molar-refractivity contribution is 6.20. The average Bonchev–Trinajstić information content (AvgIpc) is 2.15. The fourth-order valence-corrected chi connectivity index (χ4v) is 0.953. The number of carbonyl (C=O) groups excluding carboxylic acids is 2. The Bertz CT molecular complexity index is 204. The van der Waals surface area contributed by atoms with Crippen molar-refractivity contribution in [3.05, 3.63) is 0 Å². The molecule has 88 valence electrons. The second-order valence-corrected chi connectivity index (χ2v) is 3.87. The van der Waals surface area contributed by atoms with Crippen LogP contribution in [0.25, 0.3) is 0 Å². The summed E-state index contributed by atoms with van der Waals surface area (Å²) < 4.78 is 9.53. The van der Waals surface area contributed by atoms with Crippen molar-refractivity contribution >= 4 is 23.5 Å². The summed E-state index contributed by atoms with van der Waals surface area (Å²) in [6.07, 6.45) is 0.927. The largest absolute Gasteiger partial charge is 0.466 e. The van der Waals surface area contributed by atoms with Gasteiger partial charge in [-0.2, -0.15) is 0 Å². The number of halogens is 1. The van der Waals surface area contributed by atoms with Crippen molar-refractivity contribution in [1.82, 2.24) is 0 Å². The minimum Gasteiger partial charge on any atom is -0.466 e. The molecule has 0 aliphatic rings. The second-order valence-electron chi connectivity index (χ2n) is 3.12. The zero-order chi connectivity index (χ0) is 11.7. The van der Waals surface area contributed by atoms with Crippen molar-refractivity contribution in [2.24, 2.45) is 0 Å². The number of hydrogen-bond acceptors (Lipinski definition) is 4. The zero-order valence-electron chi connectivity index (χ0n) is 9.12. The van der Waals surface area contributed by atoms with Crippen LogP contribution in [0.5, 0.6) is 0 Å². The smallest absolute Gasteiger partial charge is 0.305 e. The Morgan fingerprint density at radius 3 is 2.20 bits per heavy atom. The lowest BCUT2D eigenvalue weighted by Crippen LogP contribution is -2.12.